The summed E-state index contributed by atoms with van der Waals surface area (Å²) in [5.74, 6) is 0. The minimum atomic E-state index is 0.101. The third-order valence-corrected chi connectivity index (χ3v) is 4.26. The number of amidine groups is 1. The summed E-state index contributed by atoms with van der Waals surface area (Å²) in [5, 5.41) is 9.44. The summed E-state index contributed by atoms with van der Waals surface area (Å²) in [6, 6.07) is 16.0. The number of fused-ring (bicyclic) bond motifs is 1. The largest absolute Gasteiger partial charge is 0.378 e. The lowest BCUT2D eigenvalue weighted by atomic mass is 10.2. The fourth-order valence-electron chi connectivity index (χ4n) is 2.33. The van der Waals surface area contributed by atoms with Crippen LogP contribution in [0.3, 0.4) is 0 Å². The zero-order valence-corrected chi connectivity index (χ0v) is 12.8. The Morgan fingerprint density at radius 1 is 1.14 bits per heavy atom. The van der Waals surface area contributed by atoms with Gasteiger partial charge in [0.25, 0.3) is 0 Å². The van der Waals surface area contributed by atoms with Gasteiger partial charge in [0, 0.05) is 33.6 Å². The van der Waals surface area contributed by atoms with Crippen molar-refractivity contribution in [3.05, 3.63) is 65.3 Å². The number of nitrogens with one attached hydrogen (secondary N) is 1. The number of hydrogen-bond donors (Lipinski definition) is 2. The van der Waals surface area contributed by atoms with Crippen molar-refractivity contribution in [2.24, 2.45) is 5.73 Å². The van der Waals surface area contributed by atoms with Gasteiger partial charge in [-0.3, -0.25) is 5.41 Å². The molecule has 0 saturated carbocycles. The van der Waals surface area contributed by atoms with E-state index in [1.807, 2.05) is 42.6 Å². The first-order valence-corrected chi connectivity index (χ1v) is 7.67. The van der Waals surface area contributed by atoms with E-state index in [9.17, 15) is 0 Å². The molecule has 0 saturated heterocycles. The van der Waals surface area contributed by atoms with Crippen LogP contribution in [0, 0.1) is 5.41 Å². The highest BCUT2D eigenvalue weighted by Gasteiger charge is 2.10. The van der Waals surface area contributed by atoms with Crippen molar-refractivity contribution in [1.82, 2.24) is 4.57 Å². The zero-order chi connectivity index (χ0) is 14.8. The molecule has 0 bridgehead atoms. The summed E-state index contributed by atoms with van der Waals surface area (Å²) in [4.78, 5) is 1.01. The van der Waals surface area contributed by atoms with Crippen molar-refractivity contribution in [3.8, 4) is 0 Å². The number of rotatable bonds is 3. The van der Waals surface area contributed by atoms with Crippen LogP contribution in [0.5, 0.6) is 0 Å². The fourth-order valence-corrected chi connectivity index (χ4v) is 3.16. The maximum absolute atomic E-state index is 7.48. The second-order valence-corrected chi connectivity index (χ2v) is 6.25. The summed E-state index contributed by atoms with van der Waals surface area (Å²) < 4.78 is 2.17. The van der Waals surface area contributed by atoms with Crippen LogP contribution in [0.15, 0.2) is 59.6 Å². The highest BCUT2D eigenvalue weighted by molar-refractivity contribution is 8.13. The van der Waals surface area contributed by atoms with Crippen LogP contribution in [0.1, 0.15) is 5.56 Å². The number of halogens is 1. The molecule has 3 aromatic rings. The standard InChI is InChI=1S/C16H14ClN3S/c17-12-7-5-11(6-8-12)9-20-10-15(21-16(18)19)13-3-1-2-4-14(13)20/h1-8,10H,9H2,(H3,18,19). The molecule has 0 aliphatic rings. The Labute approximate surface area is 132 Å². The lowest BCUT2D eigenvalue weighted by Gasteiger charge is -2.05. The van der Waals surface area contributed by atoms with Crippen molar-refractivity contribution in [1.29, 1.82) is 5.41 Å². The van der Waals surface area contributed by atoms with Crippen molar-refractivity contribution in [2.75, 3.05) is 0 Å². The van der Waals surface area contributed by atoms with Crippen LogP contribution < -0.4 is 5.73 Å². The van der Waals surface area contributed by atoms with Gasteiger partial charge in [-0.1, -0.05) is 53.7 Å². The molecule has 0 radical (unpaired) electrons. The molecule has 2 aromatic carbocycles. The van der Waals surface area contributed by atoms with E-state index in [0.29, 0.717) is 0 Å². The van der Waals surface area contributed by atoms with Gasteiger partial charge in [0.05, 0.1) is 0 Å². The van der Waals surface area contributed by atoms with E-state index in [-0.39, 0.29) is 5.17 Å². The second-order valence-electron chi connectivity index (χ2n) is 4.73. The fraction of sp³-hybridized carbons (Fsp3) is 0.0625. The molecular weight excluding hydrogens is 302 g/mol. The predicted molar refractivity (Wildman–Crippen MR) is 90.3 cm³/mol. The Kier molecular flexibility index (Phi) is 3.90. The Hall–Kier alpha value is -1.91. The van der Waals surface area contributed by atoms with E-state index in [1.165, 1.54) is 17.3 Å². The number of para-hydroxylation sites is 1. The van der Waals surface area contributed by atoms with E-state index in [4.69, 9.17) is 22.7 Å². The molecule has 3 nitrogen and oxygen atoms in total. The second kappa shape index (κ2) is 5.84. The molecular formula is C16H14ClN3S. The minimum absolute atomic E-state index is 0.101. The van der Waals surface area contributed by atoms with E-state index in [1.54, 1.807) is 0 Å². The Morgan fingerprint density at radius 2 is 1.86 bits per heavy atom. The third-order valence-electron chi connectivity index (χ3n) is 3.24. The monoisotopic (exact) mass is 315 g/mol. The first-order chi connectivity index (χ1) is 10.1. The van der Waals surface area contributed by atoms with Gasteiger partial charge >= 0.3 is 0 Å². The number of nitrogens with two attached hydrogens (primary N) is 1. The van der Waals surface area contributed by atoms with E-state index < -0.39 is 0 Å². The average Bonchev–Trinajstić information content (AvgIpc) is 2.79. The molecule has 3 rings (SSSR count). The van der Waals surface area contributed by atoms with Crippen LogP contribution in [0.4, 0.5) is 0 Å². The van der Waals surface area contributed by atoms with Crippen LogP contribution in [-0.4, -0.2) is 9.73 Å². The molecule has 0 fully saturated rings. The molecule has 0 amide bonds. The molecule has 0 aliphatic heterocycles. The molecule has 3 N–H and O–H groups in total. The number of thioether (sulfide) groups is 1. The van der Waals surface area contributed by atoms with Crippen LogP contribution >= 0.6 is 23.4 Å². The molecule has 5 heteroatoms. The summed E-state index contributed by atoms with van der Waals surface area (Å²) in [6.45, 7) is 0.760. The summed E-state index contributed by atoms with van der Waals surface area (Å²) >= 11 is 7.20. The SMILES string of the molecule is N=C(N)Sc1cn(Cc2ccc(Cl)cc2)c2ccccc12. The van der Waals surface area contributed by atoms with Crippen LogP contribution in [-0.2, 0) is 6.54 Å². The predicted octanol–water partition coefficient (Wildman–Crippen LogP) is 4.33. The van der Waals surface area contributed by atoms with Crippen molar-refractivity contribution in [2.45, 2.75) is 11.4 Å². The molecule has 0 unspecified atom stereocenters. The summed E-state index contributed by atoms with van der Waals surface area (Å²) in [7, 11) is 0. The number of aromatic nitrogens is 1. The van der Waals surface area contributed by atoms with Gasteiger partial charge < -0.3 is 10.3 Å². The smallest absolute Gasteiger partial charge is 0.156 e. The molecule has 0 spiro atoms. The van der Waals surface area contributed by atoms with Crippen molar-refractivity contribution in [3.63, 3.8) is 0 Å². The Bertz CT molecular complexity index is 793. The topological polar surface area (TPSA) is 54.8 Å². The molecule has 1 aromatic heterocycles. The first-order valence-electron chi connectivity index (χ1n) is 6.47. The van der Waals surface area contributed by atoms with Gasteiger partial charge in [0.15, 0.2) is 5.17 Å². The summed E-state index contributed by atoms with van der Waals surface area (Å²) in [5.41, 5.74) is 7.83. The van der Waals surface area contributed by atoms with Gasteiger partial charge in [-0.2, -0.15) is 0 Å². The highest BCUT2D eigenvalue weighted by Crippen LogP contribution is 2.30. The number of benzene rings is 2. The number of nitrogens with zero attached hydrogens (tertiary/aromatic N) is 1. The lowest BCUT2D eigenvalue weighted by molar-refractivity contribution is 0.830. The molecule has 21 heavy (non-hydrogen) atoms. The normalized spacial score (nSPS) is 10.9. The molecule has 106 valence electrons. The Morgan fingerprint density at radius 3 is 2.57 bits per heavy atom. The zero-order valence-electron chi connectivity index (χ0n) is 11.2. The van der Waals surface area contributed by atoms with Crippen molar-refractivity contribution >= 4 is 39.4 Å². The van der Waals surface area contributed by atoms with E-state index in [0.717, 1.165) is 27.4 Å². The van der Waals surface area contributed by atoms with Gasteiger partial charge in [-0.25, -0.2) is 0 Å². The van der Waals surface area contributed by atoms with Crippen molar-refractivity contribution < 1.29 is 0 Å². The maximum Gasteiger partial charge on any atom is 0.156 e. The number of hydrogen-bond acceptors (Lipinski definition) is 2. The summed E-state index contributed by atoms with van der Waals surface area (Å²) in [6.07, 6.45) is 2.05. The average molecular weight is 316 g/mol. The highest BCUT2D eigenvalue weighted by atomic mass is 35.5. The lowest BCUT2D eigenvalue weighted by Crippen LogP contribution is -2.02. The maximum atomic E-state index is 7.48. The van der Waals surface area contributed by atoms with E-state index in [2.05, 4.69) is 16.7 Å². The van der Waals surface area contributed by atoms with Gasteiger partial charge in [-0.15, -0.1) is 0 Å². The first kappa shape index (κ1) is 14.0. The van der Waals surface area contributed by atoms with Gasteiger partial charge in [0.2, 0.25) is 0 Å². The van der Waals surface area contributed by atoms with Crippen LogP contribution in [0.25, 0.3) is 10.9 Å². The molecule has 0 atom stereocenters. The third kappa shape index (κ3) is 3.06. The van der Waals surface area contributed by atoms with E-state index >= 15 is 0 Å². The minimum Gasteiger partial charge on any atom is -0.378 e. The molecule has 0 aliphatic carbocycles. The molecule has 1 heterocycles. The Balaban J connectivity index is 2.01. The van der Waals surface area contributed by atoms with Gasteiger partial charge in [-0.05, 0) is 23.8 Å². The van der Waals surface area contributed by atoms with Crippen LogP contribution in [0.2, 0.25) is 5.02 Å². The van der Waals surface area contributed by atoms with Gasteiger partial charge in [0.1, 0.15) is 0 Å². The quantitative estimate of drug-likeness (QED) is 0.429.